The zero-order valence-electron chi connectivity index (χ0n) is 13.6. The summed E-state index contributed by atoms with van der Waals surface area (Å²) in [4.78, 5) is 36.7. The van der Waals surface area contributed by atoms with E-state index in [9.17, 15) is 19.5 Å². The van der Waals surface area contributed by atoms with Gasteiger partial charge in [-0.15, -0.1) is 0 Å². The topological polar surface area (TPSA) is 77.5 Å². The number of carboxylic acid groups (broad SMARTS) is 1. The summed E-state index contributed by atoms with van der Waals surface area (Å²) in [5.74, 6) is -1.57. The smallest absolute Gasteiger partial charge is 0.270 e. The number of rotatable bonds is 4. The van der Waals surface area contributed by atoms with Gasteiger partial charge < -0.3 is 9.90 Å². The molecule has 5 nitrogen and oxygen atoms in total. The molecular weight excluding hydrogens is 370 g/mol. The lowest BCUT2D eigenvalue weighted by Crippen LogP contribution is -2.27. The number of aromatic carboxylic acids is 1. The minimum Gasteiger partial charge on any atom is -0.545 e. The first-order valence-electron chi connectivity index (χ1n) is 7.57. The van der Waals surface area contributed by atoms with Crippen LogP contribution >= 0.6 is 24.0 Å². The molecule has 0 spiro atoms. The Morgan fingerprint density at radius 1 is 1.04 bits per heavy atom. The summed E-state index contributed by atoms with van der Waals surface area (Å²) in [6, 6.07) is 12.7. The van der Waals surface area contributed by atoms with Gasteiger partial charge in [0.25, 0.3) is 5.91 Å². The zero-order chi connectivity index (χ0) is 18.8. The van der Waals surface area contributed by atoms with Gasteiger partial charge in [-0.05, 0) is 48.4 Å². The molecule has 26 heavy (non-hydrogen) atoms. The normalized spacial score (nSPS) is 15.6. The Hall–Kier alpha value is -2.77. The number of nitrogens with zero attached hydrogens (tertiary/aromatic N) is 1. The molecule has 0 atom stereocenters. The van der Waals surface area contributed by atoms with Crippen LogP contribution in [-0.4, -0.2) is 22.0 Å². The predicted molar refractivity (Wildman–Crippen MR) is 103 cm³/mol. The van der Waals surface area contributed by atoms with Gasteiger partial charge in [-0.1, -0.05) is 48.2 Å². The molecule has 0 radical (unpaired) electrons. The van der Waals surface area contributed by atoms with Crippen LogP contribution in [-0.2, 0) is 4.79 Å². The molecule has 1 amide bonds. The fraction of sp³-hybridized carbons (Fsp3) is 0.0526. The van der Waals surface area contributed by atoms with Crippen LogP contribution in [0.2, 0.25) is 0 Å². The molecule has 0 unspecified atom stereocenters. The molecule has 0 N–H and O–H groups in total. The monoisotopic (exact) mass is 382 g/mol. The van der Waals surface area contributed by atoms with Crippen LogP contribution in [0.5, 0.6) is 0 Å². The number of hydrogen-bond donors (Lipinski definition) is 0. The van der Waals surface area contributed by atoms with Crippen molar-refractivity contribution >= 4 is 57.7 Å². The molecule has 2 aromatic carbocycles. The molecule has 3 rings (SSSR count). The van der Waals surface area contributed by atoms with Gasteiger partial charge in [0.15, 0.2) is 10.1 Å². The third kappa shape index (κ3) is 3.58. The van der Waals surface area contributed by atoms with E-state index in [0.29, 0.717) is 26.0 Å². The minimum atomic E-state index is -1.25. The Balaban J connectivity index is 1.86. The summed E-state index contributed by atoms with van der Waals surface area (Å²) in [6.07, 6.45) is 1.66. The number of anilines is 1. The van der Waals surface area contributed by atoms with Crippen molar-refractivity contribution in [1.82, 2.24) is 0 Å². The van der Waals surface area contributed by atoms with Gasteiger partial charge >= 0.3 is 0 Å². The molecule has 1 heterocycles. The quantitative estimate of drug-likeness (QED) is 0.460. The number of hydrogen-bond acceptors (Lipinski definition) is 6. The van der Waals surface area contributed by atoms with Crippen molar-refractivity contribution in [2.75, 3.05) is 4.90 Å². The van der Waals surface area contributed by atoms with E-state index >= 15 is 0 Å². The van der Waals surface area contributed by atoms with E-state index in [2.05, 4.69) is 0 Å². The Morgan fingerprint density at radius 3 is 2.15 bits per heavy atom. The largest absolute Gasteiger partial charge is 0.545 e. The molecule has 1 fully saturated rings. The number of benzene rings is 2. The van der Waals surface area contributed by atoms with E-state index in [1.165, 1.54) is 35.7 Å². The van der Waals surface area contributed by atoms with E-state index in [0.717, 1.165) is 0 Å². The Labute approximate surface area is 159 Å². The van der Waals surface area contributed by atoms with Gasteiger partial charge in [-0.3, -0.25) is 14.5 Å². The number of amides is 1. The summed E-state index contributed by atoms with van der Waals surface area (Å²) < 4.78 is 0.392. The molecule has 0 aromatic heterocycles. The molecule has 0 bridgehead atoms. The summed E-state index contributed by atoms with van der Waals surface area (Å²) in [7, 11) is 0. The molecule has 7 heteroatoms. The maximum absolute atomic E-state index is 12.7. The highest BCUT2D eigenvalue weighted by Gasteiger charge is 2.33. The van der Waals surface area contributed by atoms with Crippen LogP contribution in [0.25, 0.3) is 6.08 Å². The van der Waals surface area contributed by atoms with Crippen molar-refractivity contribution in [3.8, 4) is 0 Å². The van der Waals surface area contributed by atoms with Crippen molar-refractivity contribution in [3.05, 3.63) is 70.1 Å². The van der Waals surface area contributed by atoms with Crippen LogP contribution in [0.15, 0.2) is 53.4 Å². The van der Waals surface area contributed by atoms with E-state index < -0.39 is 5.97 Å². The zero-order valence-corrected chi connectivity index (χ0v) is 15.2. The first kappa shape index (κ1) is 18.0. The SMILES string of the molecule is CC(=O)c1ccc(N2C(=O)/C(=C/c3ccc(C(=O)[O-])cc3)SC2=S)cc1. The molecule has 0 saturated carbocycles. The summed E-state index contributed by atoms with van der Waals surface area (Å²) in [5.41, 5.74) is 1.90. The van der Waals surface area contributed by atoms with Gasteiger partial charge in [0, 0.05) is 5.56 Å². The van der Waals surface area contributed by atoms with Crippen LogP contribution in [0.1, 0.15) is 33.2 Å². The third-order valence-corrected chi connectivity index (χ3v) is 5.07. The lowest BCUT2D eigenvalue weighted by Gasteiger charge is -2.14. The highest BCUT2D eigenvalue weighted by atomic mass is 32.2. The molecule has 1 saturated heterocycles. The number of thiocarbonyl (C=S) groups is 1. The first-order chi connectivity index (χ1) is 12.4. The first-order valence-corrected chi connectivity index (χ1v) is 8.79. The fourth-order valence-electron chi connectivity index (χ4n) is 2.40. The lowest BCUT2D eigenvalue weighted by molar-refractivity contribution is -0.255. The Morgan fingerprint density at radius 2 is 1.62 bits per heavy atom. The lowest BCUT2D eigenvalue weighted by atomic mass is 10.1. The van der Waals surface area contributed by atoms with E-state index in [1.54, 1.807) is 42.5 Å². The highest BCUT2D eigenvalue weighted by molar-refractivity contribution is 8.27. The second kappa shape index (κ2) is 7.23. The highest BCUT2D eigenvalue weighted by Crippen LogP contribution is 2.36. The van der Waals surface area contributed by atoms with Crippen molar-refractivity contribution in [3.63, 3.8) is 0 Å². The van der Waals surface area contributed by atoms with Gasteiger partial charge in [0.1, 0.15) is 0 Å². The maximum Gasteiger partial charge on any atom is 0.270 e. The molecular formula is C19H12NO4S2-. The average molecular weight is 382 g/mol. The molecule has 1 aliphatic rings. The number of carbonyl (C=O) groups excluding carboxylic acids is 3. The van der Waals surface area contributed by atoms with Crippen molar-refractivity contribution in [2.24, 2.45) is 0 Å². The number of Topliss-reactive ketones (excluding diaryl/α,β-unsaturated/α-hetero) is 1. The number of carbonyl (C=O) groups is 3. The Bertz CT molecular complexity index is 947. The van der Waals surface area contributed by atoms with Gasteiger partial charge in [0.2, 0.25) is 0 Å². The fourth-order valence-corrected chi connectivity index (χ4v) is 3.70. The van der Waals surface area contributed by atoms with Crippen molar-refractivity contribution in [2.45, 2.75) is 6.92 Å². The summed E-state index contributed by atoms with van der Waals surface area (Å²) >= 11 is 6.47. The third-order valence-electron chi connectivity index (χ3n) is 3.77. The van der Waals surface area contributed by atoms with E-state index in [4.69, 9.17) is 12.2 Å². The van der Waals surface area contributed by atoms with Crippen molar-refractivity contribution in [1.29, 1.82) is 0 Å². The Kier molecular flexibility index (Phi) is 5.01. The van der Waals surface area contributed by atoms with E-state index in [1.807, 2.05) is 0 Å². The summed E-state index contributed by atoms with van der Waals surface area (Å²) in [5, 5.41) is 10.8. The van der Waals surface area contributed by atoms with Gasteiger partial charge in [-0.2, -0.15) is 0 Å². The van der Waals surface area contributed by atoms with Crippen molar-refractivity contribution < 1.29 is 19.5 Å². The predicted octanol–water partition coefficient (Wildman–Crippen LogP) is 2.66. The average Bonchev–Trinajstić information content (AvgIpc) is 2.89. The van der Waals surface area contributed by atoms with Crippen LogP contribution in [0.3, 0.4) is 0 Å². The second-order valence-corrected chi connectivity index (χ2v) is 7.21. The molecule has 1 aliphatic heterocycles. The maximum atomic E-state index is 12.7. The number of carboxylic acids is 1. The van der Waals surface area contributed by atoms with Crippen LogP contribution in [0, 0.1) is 0 Å². The molecule has 130 valence electrons. The standard InChI is InChI=1S/C19H13NO4S2/c1-11(21)13-6-8-15(9-7-13)20-17(22)16(26-19(20)25)10-12-2-4-14(5-3-12)18(23)24/h2-10H,1H3,(H,23,24)/p-1/b16-10-. The summed E-state index contributed by atoms with van der Waals surface area (Å²) in [6.45, 7) is 1.48. The van der Waals surface area contributed by atoms with Crippen LogP contribution in [0.4, 0.5) is 5.69 Å². The van der Waals surface area contributed by atoms with Gasteiger partial charge in [-0.25, -0.2) is 0 Å². The molecule has 2 aromatic rings. The van der Waals surface area contributed by atoms with Crippen LogP contribution < -0.4 is 10.0 Å². The number of ketones is 1. The van der Waals surface area contributed by atoms with E-state index in [-0.39, 0.29) is 17.3 Å². The molecule has 0 aliphatic carbocycles. The van der Waals surface area contributed by atoms with Gasteiger partial charge in [0.05, 0.1) is 16.6 Å². The second-order valence-electron chi connectivity index (χ2n) is 5.53. The minimum absolute atomic E-state index is 0.0538. The number of thioether (sulfide) groups is 1.